The highest BCUT2D eigenvalue weighted by atomic mass is 79.9. The van der Waals surface area contributed by atoms with Crippen molar-refractivity contribution >= 4 is 27.7 Å². The van der Waals surface area contributed by atoms with Crippen molar-refractivity contribution in [3.05, 3.63) is 28.2 Å². The zero-order valence-electron chi connectivity index (χ0n) is 13.4. The predicted molar refractivity (Wildman–Crippen MR) is 95.1 cm³/mol. The molecule has 1 N–H and O–H groups in total. The summed E-state index contributed by atoms with van der Waals surface area (Å²) >= 11 is 3.60. The van der Waals surface area contributed by atoms with Gasteiger partial charge in [-0.1, -0.05) is 22.0 Å². The maximum atomic E-state index is 11.0. The number of amides is 1. The molecular weight excluding hydrogens is 358 g/mol. The number of nitrogens with zero attached hydrogens (tertiary/aromatic N) is 3. The number of piperazine rings is 1. The Kier molecular flexibility index (Phi) is 5.43. The van der Waals surface area contributed by atoms with E-state index in [2.05, 4.69) is 43.9 Å². The molecule has 0 unspecified atom stereocenters. The Morgan fingerprint density at radius 1 is 1.04 bits per heavy atom. The van der Waals surface area contributed by atoms with Gasteiger partial charge in [-0.05, 0) is 37.0 Å². The predicted octanol–water partition coefficient (Wildman–Crippen LogP) is 3.24. The summed E-state index contributed by atoms with van der Waals surface area (Å²) < 4.78 is 1.12. The minimum absolute atomic E-state index is 0.602. The summed E-state index contributed by atoms with van der Waals surface area (Å²) in [5.74, 6) is 0. The molecule has 126 valence electrons. The van der Waals surface area contributed by atoms with E-state index in [0.717, 1.165) is 37.2 Å². The van der Waals surface area contributed by atoms with Crippen LogP contribution in [0.5, 0.6) is 0 Å². The molecule has 1 amide bonds. The van der Waals surface area contributed by atoms with Crippen molar-refractivity contribution in [3.63, 3.8) is 0 Å². The molecule has 3 rings (SSSR count). The summed E-state index contributed by atoms with van der Waals surface area (Å²) in [4.78, 5) is 17.4. The zero-order valence-corrected chi connectivity index (χ0v) is 15.0. The second-order valence-corrected chi connectivity index (χ2v) is 7.28. The highest BCUT2D eigenvalue weighted by Gasteiger charge is 2.22. The monoisotopic (exact) mass is 381 g/mol. The van der Waals surface area contributed by atoms with Gasteiger partial charge in [0, 0.05) is 56.0 Å². The zero-order chi connectivity index (χ0) is 16.2. The Morgan fingerprint density at radius 2 is 1.74 bits per heavy atom. The number of hydrogen-bond donors (Lipinski definition) is 1. The van der Waals surface area contributed by atoms with Gasteiger partial charge in [0.2, 0.25) is 0 Å². The summed E-state index contributed by atoms with van der Waals surface area (Å²) in [6.07, 6.45) is 3.06. The third-order valence-corrected chi connectivity index (χ3v) is 5.27. The van der Waals surface area contributed by atoms with E-state index in [1.54, 1.807) is 0 Å². The Labute approximate surface area is 146 Å². The minimum Gasteiger partial charge on any atom is -0.465 e. The molecule has 2 fully saturated rings. The topological polar surface area (TPSA) is 47.0 Å². The van der Waals surface area contributed by atoms with Gasteiger partial charge in [-0.3, -0.25) is 4.90 Å². The average Bonchev–Trinajstić information content (AvgIpc) is 2.58. The lowest BCUT2D eigenvalue weighted by Crippen LogP contribution is -2.47. The minimum atomic E-state index is -0.803. The van der Waals surface area contributed by atoms with Crippen LogP contribution in [0.15, 0.2) is 22.7 Å². The van der Waals surface area contributed by atoms with Gasteiger partial charge in [-0.25, -0.2) is 4.79 Å². The standard InChI is InChI=1S/C17H24BrN3O2/c18-15-5-4-14(16(12-15)20-6-2-1-3-7-20)13-19-8-10-21(11-9-19)17(22)23/h4-5,12H,1-3,6-11,13H2,(H,22,23). The molecule has 2 aliphatic heterocycles. The number of hydrogen-bond acceptors (Lipinski definition) is 3. The molecule has 0 aromatic heterocycles. The largest absolute Gasteiger partial charge is 0.465 e. The van der Waals surface area contributed by atoms with Gasteiger partial charge in [-0.15, -0.1) is 0 Å². The van der Waals surface area contributed by atoms with Crippen molar-refractivity contribution in [2.24, 2.45) is 0 Å². The molecule has 2 heterocycles. The van der Waals surface area contributed by atoms with Crippen LogP contribution in [-0.2, 0) is 6.54 Å². The summed E-state index contributed by atoms with van der Waals surface area (Å²) in [5, 5.41) is 9.05. The fourth-order valence-electron chi connectivity index (χ4n) is 3.44. The second kappa shape index (κ2) is 7.53. The number of carbonyl (C=O) groups is 1. The van der Waals surface area contributed by atoms with Crippen molar-refractivity contribution < 1.29 is 9.90 Å². The van der Waals surface area contributed by atoms with Crippen molar-refractivity contribution in [3.8, 4) is 0 Å². The highest BCUT2D eigenvalue weighted by Crippen LogP contribution is 2.29. The second-order valence-electron chi connectivity index (χ2n) is 6.37. The first-order valence-electron chi connectivity index (χ1n) is 8.37. The van der Waals surface area contributed by atoms with Crippen LogP contribution < -0.4 is 4.90 Å². The van der Waals surface area contributed by atoms with E-state index >= 15 is 0 Å². The van der Waals surface area contributed by atoms with Gasteiger partial charge in [-0.2, -0.15) is 0 Å². The first-order chi connectivity index (χ1) is 11.1. The molecular formula is C17H24BrN3O2. The lowest BCUT2D eigenvalue weighted by atomic mass is 10.1. The Hall–Kier alpha value is -1.27. The number of rotatable bonds is 3. The summed E-state index contributed by atoms with van der Waals surface area (Å²) in [6.45, 7) is 5.98. The summed E-state index contributed by atoms with van der Waals surface area (Å²) in [6, 6.07) is 6.54. The molecule has 23 heavy (non-hydrogen) atoms. The van der Waals surface area contributed by atoms with Crippen LogP contribution in [0.1, 0.15) is 24.8 Å². The fraction of sp³-hybridized carbons (Fsp3) is 0.588. The van der Waals surface area contributed by atoms with E-state index in [0.29, 0.717) is 13.1 Å². The highest BCUT2D eigenvalue weighted by molar-refractivity contribution is 9.10. The molecule has 5 nitrogen and oxygen atoms in total. The Bertz CT molecular complexity index is 553. The third-order valence-electron chi connectivity index (χ3n) is 4.78. The number of carboxylic acid groups (broad SMARTS) is 1. The Morgan fingerprint density at radius 3 is 2.39 bits per heavy atom. The van der Waals surface area contributed by atoms with Crippen LogP contribution in [-0.4, -0.2) is 60.3 Å². The molecule has 1 aromatic carbocycles. The van der Waals surface area contributed by atoms with Crippen molar-refractivity contribution in [2.75, 3.05) is 44.2 Å². The van der Waals surface area contributed by atoms with E-state index < -0.39 is 6.09 Å². The first kappa shape index (κ1) is 16.6. The lowest BCUT2D eigenvalue weighted by molar-refractivity contribution is 0.103. The molecule has 1 aromatic rings. The average molecular weight is 382 g/mol. The normalized spacial score (nSPS) is 19.9. The molecule has 0 spiro atoms. The quantitative estimate of drug-likeness (QED) is 0.872. The van der Waals surface area contributed by atoms with Gasteiger partial charge in [0.05, 0.1) is 0 Å². The van der Waals surface area contributed by atoms with E-state index in [-0.39, 0.29) is 0 Å². The van der Waals surface area contributed by atoms with Crippen LogP contribution in [0.4, 0.5) is 10.5 Å². The summed E-state index contributed by atoms with van der Waals surface area (Å²) in [7, 11) is 0. The van der Waals surface area contributed by atoms with Crippen molar-refractivity contribution in [1.82, 2.24) is 9.80 Å². The van der Waals surface area contributed by atoms with E-state index in [9.17, 15) is 4.79 Å². The molecule has 0 atom stereocenters. The van der Waals surface area contributed by atoms with Crippen LogP contribution in [0.3, 0.4) is 0 Å². The maximum absolute atomic E-state index is 11.0. The molecule has 2 saturated heterocycles. The first-order valence-corrected chi connectivity index (χ1v) is 9.16. The number of benzene rings is 1. The molecule has 0 bridgehead atoms. The fourth-order valence-corrected chi connectivity index (χ4v) is 3.79. The Balaban J connectivity index is 1.69. The molecule has 0 aliphatic carbocycles. The third kappa shape index (κ3) is 4.18. The van der Waals surface area contributed by atoms with Gasteiger partial charge in [0.15, 0.2) is 0 Å². The van der Waals surface area contributed by atoms with Gasteiger partial charge in [0.1, 0.15) is 0 Å². The van der Waals surface area contributed by atoms with Gasteiger partial charge < -0.3 is 14.9 Å². The number of anilines is 1. The smallest absolute Gasteiger partial charge is 0.407 e. The van der Waals surface area contributed by atoms with Crippen molar-refractivity contribution in [2.45, 2.75) is 25.8 Å². The van der Waals surface area contributed by atoms with Crippen molar-refractivity contribution in [1.29, 1.82) is 0 Å². The van der Waals surface area contributed by atoms with E-state index in [1.165, 1.54) is 35.4 Å². The number of piperidine rings is 1. The SMILES string of the molecule is O=C(O)N1CCN(Cc2ccc(Br)cc2N2CCCCC2)CC1. The van der Waals surface area contributed by atoms with E-state index in [1.807, 2.05) is 0 Å². The van der Waals surface area contributed by atoms with Gasteiger partial charge >= 0.3 is 6.09 Å². The molecule has 0 radical (unpaired) electrons. The molecule has 2 aliphatic rings. The molecule has 0 saturated carbocycles. The van der Waals surface area contributed by atoms with Crippen LogP contribution >= 0.6 is 15.9 Å². The van der Waals surface area contributed by atoms with Crippen LogP contribution in [0.2, 0.25) is 0 Å². The molecule has 6 heteroatoms. The summed E-state index contributed by atoms with van der Waals surface area (Å²) in [5.41, 5.74) is 2.68. The van der Waals surface area contributed by atoms with Gasteiger partial charge in [0.25, 0.3) is 0 Å². The van der Waals surface area contributed by atoms with E-state index in [4.69, 9.17) is 5.11 Å². The van der Waals surface area contributed by atoms with Crippen LogP contribution in [0, 0.1) is 0 Å². The maximum Gasteiger partial charge on any atom is 0.407 e. The van der Waals surface area contributed by atoms with Crippen LogP contribution in [0.25, 0.3) is 0 Å². The lowest BCUT2D eigenvalue weighted by Gasteiger charge is -2.35. The number of halogens is 1.